The van der Waals surface area contributed by atoms with Gasteiger partial charge in [-0.2, -0.15) is 0 Å². The van der Waals surface area contributed by atoms with E-state index in [4.69, 9.17) is 11.6 Å². The minimum atomic E-state index is -0.207. The van der Waals surface area contributed by atoms with E-state index in [0.717, 1.165) is 19.4 Å². The predicted molar refractivity (Wildman–Crippen MR) is 76.4 cm³/mol. The van der Waals surface area contributed by atoms with Crippen molar-refractivity contribution >= 4 is 17.5 Å². The molecule has 6 heteroatoms. The summed E-state index contributed by atoms with van der Waals surface area (Å²) < 4.78 is 0. The second kappa shape index (κ2) is 8.07. The Morgan fingerprint density at radius 3 is 2.68 bits per heavy atom. The van der Waals surface area contributed by atoms with Crippen LogP contribution in [0.3, 0.4) is 0 Å². The van der Waals surface area contributed by atoms with Gasteiger partial charge < -0.3 is 10.2 Å². The predicted octanol–water partition coefficient (Wildman–Crippen LogP) is 1.98. The summed E-state index contributed by atoms with van der Waals surface area (Å²) >= 11 is 5.61. The highest BCUT2D eigenvalue weighted by Crippen LogP contribution is 2.02. The molecule has 1 N–H and O–H groups in total. The smallest absolute Gasteiger partial charge is 0.271 e. The lowest BCUT2D eigenvalue weighted by atomic mass is 10.2. The minimum absolute atomic E-state index is 0.207. The molecule has 0 bridgehead atoms. The zero-order chi connectivity index (χ0) is 14.3. The Bertz CT molecular complexity index is 394. The quantitative estimate of drug-likeness (QED) is 0.778. The van der Waals surface area contributed by atoms with Gasteiger partial charge in [-0.05, 0) is 52.4 Å². The highest BCUT2D eigenvalue weighted by atomic mass is 35.5. The van der Waals surface area contributed by atoms with Crippen molar-refractivity contribution in [3.05, 3.63) is 23.0 Å². The van der Waals surface area contributed by atoms with E-state index >= 15 is 0 Å². The number of hydrogen-bond acceptors (Lipinski definition) is 4. The van der Waals surface area contributed by atoms with E-state index in [1.54, 1.807) is 12.1 Å². The molecule has 0 aliphatic carbocycles. The summed E-state index contributed by atoms with van der Waals surface area (Å²) in [6, 6.07) is 3.68. The van der Waals surface area contributed by atoms with E-state index in [1.165, 1.54) is 0 Å². The summed E-state index contributed by atoms with van der Waals surface area (Å²) in [6.07, 6.45) is 2.01. The number of carbonyl (C=O) groups is 1. The third kappa shape index (κ3) is 5.98. The molecule has 0 radical (unpaired) electrons. The molecule has 19 heavy (non-hydrogen) atoms. The topological polar surface area (TPSA) is 58.1 Å². The van der Waals surface area contributed by atoms with Crippen LogP contribution < -0.4 is 5.32 Å². The molecule has 5 nitrogen and oxygen atoms in total. The molecule has 0 saturated heterocycles. The van der Waals surface area contributed by atoms with Crippen molar-refractivity contribution < 1.29 is 4.79 Å². The lowest BCUT2D eigenvalue weighted by molar-refractivity contribution is 0.0946. The molecule has 0 aliphatic heterocycles. The van der Waals surface area contributed by atoms with Gasteiger partial charge in [0.25, 0.3) is 5.91 Å². The molecule has 1 amide bonds. The van der Waals surface area contributed by atoms with Gasteiger partial charge in [0.2, 0.25) is 0 Å². The maximum Gasteiger partial charge on any atom is 0.271 e. The van der Waals surface area contributed by atoms with Gasteiger partial charge in [-0.3, -0.25) is 4.79 Å². The fourth-order valence-corrected chi connectivity index (χ4v) is 1.57. The fraction of sp³-hybridized carbons (Fsp3) is 0.615. The van der Waals surface area contributed by atoms with Crippen molar-refractivity contribution in [2.24, 2.45) is 0 Å². The number of hydrogen-bond donors (Lipinski definition) is 1. The van der Waals surface area contributed by atoms with E-state index in [0.29, 0.717) is 18.3 Å². The van der Waals surface area contributed by atoms with Crippen LogP contribution in [0.15, 0.2) is 12.1 Å². The molecule has 0 unspecified atom stereocenters. The maximum absolute atomic E-state index is 11.7. The van der Waals surface area contributed by atoms with Gasteiger partial charge in [0.1, 0.15) is 0 Å². The number of rotatable bonds is 7. The van der Waals surface area contributed by atoms with Crippen LogP contribution in [0.5, 0.6) is 0 Å². The summed E-state index contributed by atoms with van der Waals surface area (Å²) in [6.45, 7) is 6.02. The molecular weight excluding hydrogens is 264 g/mol. The Balaban J connectivity index is 2.19. The molecule has 0 aromatic carbocycles. The molecule has 0 fully saturated rings. The van der Waals surface area contributed by atoms with Crippen molar-refractivity contribution in [2.45, 2.75) is 32.7 Å². The van der Waals surface area contributed by atoms with E-state index in [9.17, 15) is 4.79 Å². The molecule has 0 spiro atoms. The molecule has 0 aliphatic rings. The van der Waals surface area contributed by atoms with Crippen molar-refractivity contribution in [3.63, 3.8) is 0 Å². The van der Waals surface area contributed by atoms with Crippen molar-refractivity contribution in [2.75, 3.05) is 20.1 Å². The van der Waals surface area contributed by atoms with Crippen LogP contribution in [-0.2, 0) is 0 Å². The Morgan fingerprint density at radius 2 is 2.11 bits per heavy atom. The summed E-state index contributed by atoms with van der Waals surface area (Å²) in [7, 11) is 2.10. The molecule has 1 rings (SSSR count). The average molecular weight is 285 g/mol. The molecule has 1 heterocycles. The number of unbranched alkanes of at least 4 members (excludes halogenated alkanes) is 1. The van der Waals surface area contributed by atoms with E-state index in [1.807, 2.05) is 0 Å². The fourth-order valence-electron chi connectivity index (χ4n) is 1.47. The standard InChI is InChI=1S/C13H21ClN4O/c1-10(2)18(3)9-5-4-8-15-13(19)11-6-7-12(14)17-16-11/h6-7,10H,4-5,8-9H2,1-3H3,(H,15,19). The van der Waals surface area contributed by atoms with E-state index in [2.05, 4.69) is 41.3 Å². The largest absolute Gasteiger partial charge is 0.351 e. The van der Waals surface area contributed by atoms with Gasteiger partial charge in [0.05, 0.1) is 0 Å². The zero-order valence-corrected chi connectivity index (χ0v) is 12.4. The molecule has 1 aromatic heterocycles. The number of nitrogens with zero attached hydrogens (tertiary/aromatic N) is 3. The van der Waals surface area contributed by atoms with Gasteiger partial charge in [-0.25, -0.2) is 0 Å². The Labute approximate surface area is 119 Å². The monoisotopic (exact) mass is 284 g/mol. The lowest BCUT2D eigenvalue weighted by Crippen LogP contribution is -2.29. The third-order valence-electron chi connectivity index (χ3n) is 2.97. The normalized spacial score (nSPS) is 11.1. The first-order chi connectivity index (χ1) is 9.00. The highest BCUT2D eigenvalue weighted by molar-refractivity contribution is 6.29. The van der Waals surface area contributed by atoms with Crippen molar-refractivity contribution in [3.8, 4) is 0 Å². The highest BCUT2D eigenvalue weighted by Gasteiger charge is 2.07. The summed E-state index contributed by atoms with van der Waals surface area (Å²) in [5, 5.41) is 10.5. The summed E-state index contributed by atoms with van der Waals surface area (Å²) in [5.41, 5.74) is 0.295. The second-order valence-corrected chi connectivity index (χ2v) is 5.17. The van der Waals surface area contributed by atoms with Crippen LogP contribution in [0.1, 0.15) is 37.2 Å². The molecule has 106 valence electrons. The van der Waals surface area contributed by atoms with Crippen LogP contribution >= 0.6 is 11.6 Å². The summed E-state index contributed by atoms with van der Waals surface area (Å²) in [4.78, 5) is 14.0. The number of nitrogens with one attached hydrogen (secondary N) is 1. The number of aromatic nitrogens is 2. The Morgan fingerprint density at radius 1 is 1.37 bits per heavy atom. The first-order valence-electron chi connectivity index (χ1n) is 6.48. The van der Waals surface area contributed by atoms with Crippen LogP contribution in [0.25, 0.3) is 0 Å². The van der Waals surface area contributed by atoms with Gasteiger partial charge in [-0.1, -0.05) is 11.6 Å². The van der Waals surface area contributed by atoms with Crippen LogP contribution in [0.2, 0.25) is 5.15 Å². The summed E-state index contributed by atoms with van der Waals surface area (Å²) in [5.74, 6) is -0.207. The number of amides is 1. The van der Waals surface area contributed by atoms with Gasteiger partial charge in [-0.15, -0.1) is 10.2 Å². The van der Waals surface area contributed by atoms with Crippen LogP contribution in [0.4, 0.5) is 0 Å². The van der Waals surface area contributed by atoms with Gasteiger partial charge in [0.15, 0.2) is 10.8 Å². The maximum atomic E-state index is 11.7. The zero-order valence-electron chi connectivity index (χ0n) is 11.7. The van der Waals surface area contributed by atoms with Crippen molar-refractivity contribution in [1.29, 1.82) is 0 Å². The molecule has 0 saturated carbocycles. The molecule has 0 atom stereocenters. The molecular formula is C13H21ClN4O. The lowest BCUT2D eigenvalue weighted by Gasteiger charge is -2.20. The average Bonchev–Trinajstić information content (AvgIpc) is 2.38. The van der Waals surface area contributed by atoms with Crippen LogP contribution in [0, 0.1) is 0 Å². The van der Waals surface area contributed by atoms with Crippen LogP contribution in [-0.4, -0.2) is 47.2 Å². The van der Waals surface area contributed by atoms with Gasteiger partial charge in [0, 0.05) is 12.6 Å². The van der Waals surface area contributed by atoms with E-state index in [-0.39, 0.29) is 11.1 Å². The number of carbonyl (C=O) groups excluding carboxylic acids is 1. The Hall–Kier alpha value is -1.20. The SMILES string of the molecule is CC(C)N(C)CCCCNC(=O)c1ccc(Cl)nn1. The van der Waals surface area contributed by atoms with E-state index < -0.39 is 0 Å². The number of halogens is 1. The second-order valence-electron chi connectivity index (χ2n) is 4.78. The first kappa shape index (κ1) is 15.9. The molecule has 1 aromatic rings. The minimum Gasteiger partial charge on any atom is -0.351 e. The van der Waals surface area contributed by atoms with Gasteiger partial charge >= 0.3 is 0 Å². The Kier molecular flexibility index (Phi) is 6.73. The third-order valence-corrected chi connectivity index (χ3v) is 3.17. The first-order valence-corrected chi connectivity index (χ1v) is 6.86. The van der Waals surface area contributed by atoms with Crippen molar-refractivity contribution in [1.82, 2.24) is 20.4 Å².